The Morgan fingerprint density at radius 2 is 2.14 bits per heavy atom. The van der Waals surface area contributed by atoms with Crippen molar-refractivity contribution in [2.24, 2.45) is 0 Å². The summed E-state index contributed by atoms with van der Waals surface area (Å²) in [6, 6.07) is 5.31. The number of nitrogens with zero attached hydrogens (tertiary/aromatic N) is 1. The van der Waals surface area contributed by atoms with Crippen molar-refractivity contribution in [3.8, 4) is 6.07 Å². The second-order valence-electron chi connectivity index (χ2n) is 2.77. The quantitative estimate of drug-likeness (QED) is 0.680. The molecule has 0 saturated heterocycles. The molecule has 0 aromatic heterocycles. The second kappa shape index (κ2) is 3.97. The fraction of sp³-hybridized carbons (Fsp3) is 0.200. The predicted octanol–water partition coefficient (Wildman–Crippen LogP) is 2.70. The van der Waals surface area contributed by atoms with Gasteiger partial charge in [-0.25, -0.2) is 8.78 Å². The molecule has 4 heteroatoms. The zero-order valence-electron chi connectivity index (χ0n) is 7.42. The average Bonchev–Trinajstić information content (AvgIpc) is 2.16. The van der Waals surface area contributed by atoms with E-state index in [9.17, 15) is 13.6 Å². The Bertz CT molecular complexity index is 407. The van der Waals surface area contributed by atoms with Crippen LogP contribution in [0.15, 0.2) is 18.2 Å². The first-order valence-corrected chi connectivity index (χ1v) is 3.89. The van der Waals surface area contributed by atoms with Gasteiger partial charge in [0.2, 0.25) is 0 Å². The van der Waals surface area contributed by atoms with Crippen molar-refractivity contribution in [3.63, 3.8) is 0 Å². The maximum absolute atomic E-state index is 12.4. The van der Waals surface area contributed by atoms with Gasteiger partial charge in [-0.1, -0.05) is 6.07 Å². The third-order valence-corrected chi connectivity index (χ3v) is 1.81. The first kappa shape index (κ1) is 10.3. The summed E-state index contributed by atoms with van der Waals surface area (Å²) in [4.78, 5) is 10.9. The molecule has 0 heterocycles. The number of carbonyl (C=O) groups is 1. The molecule has 0 radical (unpaired) electrons. The van der Waals surface area contributed by atoms with E-state index in [2.05, 4.69) is 0 Å². The molecule has 0 fully saturated rings. The summed E-state index contributed by atoms with van der Waals surface area (Å²) in [6.45, 7) is 1.29. The third-order valence-electron chi connectivity index (χ3n) is 1.81. The van der Waals surface area contributed by atoms with E-state index < -0.39 is 6.43 Å². The molecule has 14 heavy (non-hydrogen) atoms. The Labute approximate surface area is 79.8 Å². The van der Waals surface area contributed by atoms with Gasteiger partial charge >= 0.3 is 0 Å². The summed E-state index contributed by atoms with van der Waals surface area (Å²) < 4.78 is 24.8. The van der Waals surface area contributed by atoms with Gasteiger partial charge in [0.25, 0.3) is 6.43 Å². The minimum absolute atomic E-state index is 0.0926. The van der Waals surface area contributed by atoms with E-state index in [4.69, 9.17) is 5.26 Å². The molecular weight excluding hydrogens is 188 g/mol. The van der Waals surface area contributed by atoms with Crippen LogP contribution in [0.4, 0.5) is 8.78 Å². The Morgan fingerprint density at radius 3 is 2.57 bits per heavy atom. The zero-order valence-corrected chi connectivity index (χ0v) is 7.42. The molecule has 1 aromatic rings. The highest BCUT2D eigenvalue weighted by Gasteiger charge is 2.14. The van der Waals surface area contributed by atoms with Crippen LogP contribution >= 0.6 is 0 Å². The van der Waals surface area contributed by atoms with Gasteiger partial charge in [-0.3, -0.25) is 4.79 Å². The van der Waals surface area contributed by atoms with E-state index in [1.54, 1.807) is 6.07 Å². The van der Waals surface area contributed by atoms with Gasteiger partial charge in [-0.15, -0.1) is 0 Å². The summed E-state index contributed by atoms with van der Waals surface area (Å²) in [7, 11) is 0. The van der Waals surface area contributed by atoms with Crippen molar-refractivity contribution < 1.29 is 13.6 Å². The number of halogens is 2. The normalized spacial score (nSPS) is 9.93. The number of ketones is 1. The number of alkyl halides is 2. The van der Waals surface area contributed by atoms with Crippen LogP contribution in [-0.4, -0.2) is 5.78 Å². The van der Waals surface area contributed by atoms with Crippen LogP contribution in [0, 0.1) is 11.3 Å². The van der Waals surface area contributed by atoms with Crippen molar-refractivity contribution in [2.45, 2.75) is 13.3 Å². The van der Waals surface area contributed by atoms with E-state index in [0.29, 0.717) is 0 Å². The fourth-order valence-corrected chi connectivity index (χ4v) is 1.06. The van der Waals surface area contributed by atoms with Crippen LogP contribution in [0.2, 0.25) is 0 Å². The van der Waals surface area contributed by atoms with E-state index in [-0.39, 0.29) is 22.5 Å². The molecule has 0 saturated carbocycles. The van der Waals surface area contributed by atoms with Crippen LogP contribution < -0.4 is 0 Å². The Kier molecular flexibility index (Phi) is 2.92. The predicted molar refractivity (Wildman–Crippen MR) is 46.1 cm³/mol. The largest absolute Gasteiger partial charge is 0.295 e. The van der Waals surface area contributed by atoms with Crippen molar-refractivity contribution in [1.29, 1.82) is 5.26 Å². The topological polar surface area (TPSA) is 40.9 Å². The molecule has 0 spiro atoms. The lowest BCUT2D eigenvalue weighted by Gasteiger charge is -2.03. The Morgan fingerprint density at radius 1 is 1.50 bits per heavy atom. The number of nitriles is 1. The van der Waals surface area contributed by atoms with E-state index in [0.717, 1.165) is 6.07 Å². The molecule has 0 atom stereocenters. The number of benzene rings is 1. The van der Waals surface area contributed by atoms with Gasteiger partial charge in [0.1, 0.15) is 0 Å². The molecule has 0 aliphatic heterocycles. The highest BCUT2D eigenvalue weighted by molar-refractivity contribution is 5.94. The fourth-order valence-electron chi connectivity index (χ4n) is 1.06. The molecule has 0 aliphatic carbocycles. The van der Waals surface area contributed by atoms with Gasteiger partial charge in [-0.05, 0) is 19.1 Å². The van der Waals surface area contributed by atoms with Crippen molar-refractivity contribution >= 4 is 5.78 Å². The monoisotopic (exact) mass is 195 g/mol. The molecule has 0 amide bonds. The zero-order chi connectivity index (χ0) is 10.7. The van der Waals surface area contributed by atoms with Gasteiger partial charge < -0.3 is 0 Å². The van der Waals surface area contributed by atoms with Crippen LogP contribution in [0.1, 0.15) is 34.8 Å². The summed E-state index contributed by atoms with van der Waals surface area (Å²) in [5.41, 5.74) is -0.287. The minimum atomic E-state index is -2.73. The lowest BCUT2D eigenvalue weighted by molar-refractivity contribution is 0.101. The Hall–Kier alpha value is -1.76. The summed E-state index contributed by atoms with van der Waals surface area (Å²) in [6.07, 6.45) is -2.73. The van der Waals surface area contributed by atoms with Crippen molar-refractivity contribution in [2.75, 3.05) is 0 Å². The minimum Gasteiger partial charge on any atom is -0.295 e. The Balaban J connectivity index is 3.29. The van der Waals surface area contributed by atoms with Crippen LogP contribution in [0.5, 0.6) is 0 Å². The van der Waals surface area contributed by atoms with Crippen molar-refractivity contribution in [1.82, 2.24) is 0 Å². The van der Waals surface area contributed by atoms with Crippen LogP contribution in [-0.2, 0) is 0 Å². The number of carbonyl (C=O) groups excluding carboxylic acids is 1. The lowest BCUT2D eigenvalue weighted by Crippen LogP contribution is -1.97. The lowest BCUT2D eigenvalue weighted by atomic mass is 10.0. The second-order valence-corrected chi connectivity index (χ2v) is 2.77. The van der Waals surface area contributed by atoms with Gasteiger partial charge in [0, 0.05) is 11.1 Å². The van der Waals surface area contributed by atoms with Crippen LogP contribution in [0.3, 0.4) is 0 Å². The molecule has 0 bridgehead atoms. The highest BCUT2D eigenvalue weighted by Crippen LogP contribution is 2.23. The molecule has 0 unspecified atom stereocenters. The number of hydrogen-bond donors (Lipinski definition) is 0. The maximum atomic E-state index is 12.4. The molecule has 72 valence electrons. The molecule has 2 nitrogen and oxygen atoms in total. The van der Waals surface area contributed by atoms with Gasteiger partial charge in [0.05, 0.1) is 11.6 Å². The van der Waals surface area contributed by atoms with Gasteiger partial charge in [-0.2, -0.15) is 5.26 Å². The number of hydrogen-bond acceptors (Lipinski definition) is 2. The molecule has 1 aromatic carbocycles. The molecule has 1 rings (SSSR count). The standard InChI is InChI=1S/C10H7F2NO/c1-6(14)7-2-3-8(5-13)9(4-7)10(11)12/h2-4,10H,1H3. The van der Waals surface area contributed by atoms with E-state index >= 15 is 0 Å². The first-order valence-electron chi connectivity index (χ1n) is 3.89. The first-order chi connectivity index (χ1) is 6.56. The third kappa shape index (κ3) is 1.94. The molecule has 0 N–H and O–H groups in total. The number of rotatable bonds is 2. The van der Waals surface area contributed by atoms with E-state index in [1.807, 2.05) is 0 Å². The SMILES string of the molecule is CC(=O)c1ccc(C#N)c(C(F)F)c1. The van der Waals surface area contributed by atoms with Crippen molar-refractivity contribution in [3.05, 3.63) is 34.9 Å². The average molecular weight is 195 g/mol. The van der Waals surface area contributed by atoms with E-state index in [1.165, 1.54) is 19.1 Å². The van der Waals surface area contributed by atoms with Crippen LogP contribution in [0.25, 0.3) is 0 Å². The maximum Gasteiger partial charge on any atom is 0.265 e. The molecule has 0 aliphatic rings. The van der Waals surface area contributed by atoms with Gasteiger partial charge in [0.15, 0.2) is 5.78 Å². The summed E-state index contributed by atoms with van der Waals surface area (Å²) >= 11 is 0. The summed E-state index contributed by atoms with van der Waals surface area (Å²) in [5.74, 6) is -0.295. The molecular formula is C10H7F2NO. The summed E-state index contributed by atoms with van der Waals surface area (Å²) in [5, 5.41) is 8.53. The smallest absolute Gasteiger partial charge is 0.265 e. The highest BCUT2D eigenvalue weighted by atomic mass is 19.3. The number of Topliss-reactive ketones (excluding diaryl/α,β-unsaturated/α-hetero) is 1.